The van der Waals surface area contributed by atoms with E-state index in [-0.39, 0.29) is 5.28 Å². The molecular weight excluding hydrogens is 325 g/mol. The summed E-state index contributed by atoms with van der Waals surface area (Å²) in [6.45, 7) is 4.31. The van der Waals surface area contributed by atoms with Crippen LogP contribution in [0.4, 0.5) is 5.82 Å². The number of aromatic nitrogens is 2. The number of thiophene rings is 1. The van der Waals surface area contributed by atoms with Crippen LogP contribution in [0, 0.1) is 0 Å². The maximum absolute atomic E-state index is 5.98. The third kappa shape index (κ3) is 2.88. The van der Waals surface area contributed by atoms with Crippen LogP contribution in [-0.4, -0.2) is 16.5 Å². The summed E-state index contributed by atoms with van der Waals surface area (Å²) >= 11 is 13.5. The Morgan fingerprint density at radius 3 is 2.67 bits per heavy atom. The third-order valence-electron chi connectivity index (χ3n) is 2.98. The predicted octanol–water partition coefficient (Wildman–Crippen LogP) is 5.26. The van der Waals surface area contributed by atoms with Crippen molar-refractivity contribution in [2.24, 2.45) is 0 Å². The molecule has 2 aromatic heterocycles. The van der Waals surface area contributed by atoms with Gasteiger partial charge in [0.1, 0.15) is 10.6 Å². The summed E-state index contributed by atoms with van der Waals surface area (Å²) in [4.78, 5) is 9.43. The lowest BCUT2D eigenvalue weighted by Gasteiger charge is -2.07. The normalized spacial score (nSPS) is 10.8. The van der Waals surface area contributed by atoms with Gasteiger partial charge in [0, 0.05) is 22.5 Å². The Labute approximate surface area is 136 Å². The molecule has 3 aromatic rings. The fraction of sp³-hybridized carbons (Fsp3) is 0.0667. The lowest BCUT2D eigenvalue weighted by Crippen LogP contribution is -2.02. The number of fused-ring (bicyclic) bond motifs is 1. The van der Waals surface area contributed by atoms with Crippen LogP contribution in [-0.2, 0) is 0 Å². The second-order valence-corrected chi connectivity index (χ2v) is 5.98. The Morgan fingerprint density at radius 2 is 1.95 bits per heavy atom. The first-order chi connectivity index (χ1) is 10.2. The van der Waals surface area contributed by atoms with Gasteiger partial charge in [-0.1, -0.05) is 29.8 Å². The zero-order valence-corrected chi connectivity index (χ0v) is 13.3. The molecule has 0 aliphatic rings. The second-order valence-electron chi connectivity index (χ2n) is 4.35. The molecule has 2 heterocycles. The SMILES string of the molecule is C=CCNc1nc(Cl)nc2scc(-c3ccc(Cl)cc3)c12. The number of hydrogen-bond donors (Lipinski definition) is 1. The molecule has 0 saturated heterocycles. The molecule has 0 atom stereocenters. The molecule has 0 unspecified atom stereocenters. The van der Waals surface area contributed by atoms with Gasteiger partial charge in [-0.2, -0.15) is 0 Å². The minimum atomic E-state index is 0.235. The highest BCUT2D eigenvalue weighted by Crippen LogP contribution is 2.37. The van der Waals surface area contributed by atoms with Crippen molar-refractivity contribution in [3.05, 3.63) is 52.6 Å². The summed E-state index contributed by atoms with van der Waals surface area (Å²) in [7, 11) is 0. The van der Waals surface area contributed by atoms with Gasteiger partial charge < -0.3 is 5.32 Å². The molecule has 3 rings (SSSR count). The molecule has 1 aromatic carbocycles. The molecule has 0 aliphatic carbocycles. The quantitative estimate of drug-likeness (QED) is 0.521. The molecule has 0 fully saturated rings. The first-order valence-corrected chi connectivity index (χ1v) is 7.88. The molecule has 21 heavy (non-hydrogen) atoms. The third-order valence-corrected chi connectivity index (χ3v) is 4.27. The Balaban J connectivity index is 2.19. The van der Waals surface area contributed by atoms with Crippen LogP contribution in [0.25, 0.3) is 21.3 Å². The highest BCUT2D eigenvalue weighted by atomic mass is 35.5. The van der Waals surface area contributed by atoms with E-state index in [9.17, 15) is 0 Å². The second kappa shape index (κ2) is 6.02. The predicted molar refractivity (Wildman–Crippen MR) is 91.6 cm³/mol. The van der Waals surface area contributed by atoms with Crippen LogP contribution in [0.15, 0.2) is 42.3 Å². The number of hydrogen-bond acceptors (Lipinski definition) is 4. The van der Waals surface area contributed by atoms with Gasteiger partial charge in [-0.25, -0.2) is 9.97 Å². The topological polar surface area (TPSA) is 37.8 Å². The average molecular weight is 336 g/mol. The number of nitrogens with one attached hydrogen (secondary N) is 1. The van der Waals surface area contributed by atoms with E-state index in [4.69, 9.17) is 23.2 Å². The van der Waals surface area contributed by atoms with E-state index < -0.39 is 0 Å². The fourth-order valence-electron chi connectivity index (χ4n) is 2.05. The van der Waals surface area contributed by atoms with Crippen LogP contribution in [0.3, 0.4) is 0 Å². The highest BCUT2D eigenvalue weighted by Gasteiger charge is 2.14. The van der Waals surface area contributed by atoms with E-state index in [1.165, 1.54) is 0 Å². The van der Waals surface area contributed by atoms with Crippen molar-refractivity contribution in [3.8, 4) is 11.1 Å². The van der Waals surface area contributed by atoms with Crippen LogP contribution in [0.2, 0.25) is 10.3 Å². The molecule has 106 valence electrons. The fourth-order valence-corrected chi connectivity index (χ4v) is 3.35. The summed E-state index contributed by atoms with van der Waals surface area (Å²) in [6, 6.07) is 7.70. The number of halogens is 2. The lowest BCUT2D eigenvalue weighted by atomic mass is 10.1. The van der Waals surface area contributed by atoms with Gasteiger partial charge in [0.05, 0.1) is 5.39 Å². The Bertz CT molecular complexity index is 797. The maximum Gasteiger partial charge on any atom is 0.225 e. The largest absolute Gasteiger partial charge is 0.366 e. The molecule has 1 N–H and O–H groups in total. The van der Waals surface area contributed by atoms with Crippen LogP contribution in [0.5, 0.6) is 0 Å². The lowest BCUT2D eigenvalue weighted by molar-refractivity contribution is 1.19. The van der Waals surface area contributed by atoms with E-state index in [1.807, 2.05) is 24.3 Å². The summed E-state index contributed by atoms with van der Waals surface area (Å²) in [5, 5.41) is 7.18. The van der Waals surface area contributed by atoms with E-state index in [1.54, 1.807) is 17.4 Å². The Kier molecular flexibility index (Phi) is 4.10. The maximum atomic E-state index is 5.98. The van der Waals surface area contributed by atoms with Crippen molar-refractivity contribution in [3.63, 3.8) is 0 Å². The van der Waals surface area contributed by atoms with Crippen molar-refractivity contribution in [2.75, 3.05) is 11.9 Å². The van der Waals surface area contributed by atoms with Crippen LogP contribution in [0.1, 0.15) is 0 Å². The van der Waals surface area contributed by atoms with Gasteiger partial charge in [-0.05, 0) is 29.3 Å². The molecular formula is C15H11Cl2N3S. The molecule has 0 spiro atoms. The van der Waals surface area contributed by atoms with Gasteiger partial charge >= 0.3 is 0 Å². The van der Waals surface area contributed by atoms with E-state index in [0.717, 1.165) is 27.2 Å². The number of benzene rings is 1. The summed E-state index contributed by atoms with van der Waals surface area (Å²) in [6.07, 6.45) is 1.77. The minimum absolute atomic E-state index is 0.235. The van der Waals surface area contributed by atoms with Crippen LogP contribution >= 0.6 is 34.5 Å². The highest BCUT2D eigenvalue weighted by molar-refractivity contribution is 7.17. The molecule has 0 aliphatic heterocycles. The van der Waals surface area contributed by atoms with Crippen molar-refractivity contribution >= 4 is 50.6 Å². The van der Waals surface area contributed by atoms with Gasteiger partial charge in [-0.3, -0.25) is 0 Å². The standard InChI is InChI=1S/C15H11Cl2N3S/c1-2-7-18-13-12-11(9-3-5-10(16)6-4-9)8-21-14(12)20-15(17)19-13/h2-6,8H,1,7H2,(H,18,19,20). The Morgan fingerprint density at radius 1 is 1.19 bits per heavy atom. The summed E-state index contributed by atoms with van der Waals surface area (Å²) in [5.74, 6) is 0.719. The van der Waals surface area contributed by atoms with Crippen LogP contribution < -0.4 is 5.32 Å². The minimum Gasteiger partial charge on any atom is -0.366 e. The summed E-state index contributed by atoms with van der Waals surface area (Å²) < 4.78 is 0. The monoisotopic (exact) mass is 335 g/mol. The number of rotatable bonds is 4. The number of anilines is 1. The molecule has 0 radical (unpaired) electrons. The van der Waals surface area contributed by atoms with Gasteiger partial charge in [0.2, 0.25) is 5.28 Å². The molecule has 0 amide bonds. The molecule has 3 nitrogen and oxygen atoms in total. The van der Waals surface area contributed by atoms with Gasteiger partial charge in [-0.15, -0.1) is 17.9 Å². The smallest absolute Gasteiger partial charge is 0.225 e. The average Bonchev–Trinajstić information content (AvgIpc) is 2.89. The van der Waals surface area contributed by atoms with Gasteiger partial charge in [0.25, 0.3) is 0 Å². The van der Waals surface area contributed by atoms with E-state index in [0.29, 0.717) is 11.6 Å². The number of nitrogens with zero attached hydrogens (tertiary/aromatic N) is 2. The van der Waals surface area contributed by atoms with Crippen molar-refractivity contribution in [1.29, 1.82) is 0 Å². The van der Waals surface area contributed by atoms with Crippen molar-refractivity contribution < 1.29 is 0 Å². The van der Waals surface area contributed by atoms with Crippen molar-refractivity contribution in [2.45, 2.75) is 0 Å². The molecule has 0 saturated carbocycles. The molecule has 0 bridgehead atoms. The molecule has 6 heteroatoms. The zero-order chi connectivity index (χ0) is 14.8. The van der Waals surface area contributed by atoms with Crippen molar-refractivity contribution in [1.82, 2.24) is 9.97 Å². The Hall–Kier alpha value is -1.62. The zero-order valence-electron chi connectivity index (χ0n) is 10.9. The first-order valence-electron chi connectivity index (χ1n) is 6.24. The van der Waals surface area contributed by atoms with Gasteiger partial charge in [0.15, 0.2) is 0 Å². The van der Waals surface area contributed by atoms with E-state index >= 15 is 0 Å². The first kappa shape index (κ1) is 14.3. The van der Waals surface area contributed by atoms with E-state index in [2.05, 4.69) is 27.2 Å². The summed E-state index contributed by atoms with van der Waals surface area (Å²) in [5.41, 5.74) is 2.13.